The van der Waals surface area contributed by atoms with Crippen LogP contribution in [0.3, 0.4) is 0 Å². The molecule has 3 saturated heterocycles. The molecule has 5 atom stereocenters. The lowest BCUT2D eigenvalue weighted by Crippen LogP contribution is -2.55. The minimum absolute atomic E-state index is 0.0478. The van der Waals surface area contributed by atoms with Gasteiger partial charge in [0.2, 0.25) is 0 Å². The molecule has 3 fully saturated rings. The van der Waals surface area contributed by atoms with Crippen LogP contribution in [0.15, 0.2) is 72.3 Å². The van der Waals surface area contributed by atoms with E-state index in [0.717, 1.165) is 53.5 Å². The molecule has 6 heteroatoms. The van der Waals surface area contributed by atoms with Crippen LogP contribution in [0.2, 0.25) is 0 Å². The summed E-state index contributed by atoms with van der Waals surface area (Å²) in [5, 5.41) is 0.932. The molecule has 4 heterocycles. The first-order chi connectivity index (χ1) is 18.3. The van der Waals surface area contributed by atoms with Crippen molar-refractivity contribution in [3.63, 3.8) is 0 Å². The maximum absolute atomic E-state index is 14.2. The average Bonchev–Trinajstić information content (AvgIpc) is 2.90. The zero-order chi connectivity index (χ0) is 28.2. The van der Waals surface area contributed by atoms with Crippen molar-refractivity contribution in [2.75, 3.05) is 13.1 Å². The molecule has 0 radical (unpaired) electrons. The molecule has 2 bridgehead atoms. The van der Waals surface area contributed by atoms with Gasteiger partial charge in [0, 0.05) is 24.2 Å². The number of benzene rings is 2. The SMILES string of the molecule is C=C[C@H]1CN2CC[C@H]1C[C@@H]2[C@@H](OS(=O)(=O)c1cc(C(C)(C)C)cc(C(C)(C)C)c1)c1ccnc2ccccc12. The van der Waals surface area contributed by atoms with Crippen LogP contribution in [-0.2, 0) is 25.1 Å². The normalized spacial score (nSPS) is 24.6. The van der Waals surface area contributed by atoms with Gasteiger partial charge in [0.05, 0.1) is 10.4 Å². The van der Waals surface area contributed by atoms with Crippen LogP contribution >= 0.6 is 0 Å². The van der Waals surface area contributed by atoms with E-state index in [9.17, 15) is 8.42 Å². The molecule has 3 aliphatic rings. The van der Waals surface area contributed by atoms with Crippen LogP contribution < -0.4 is 0 Å². The monoisotopic (exact) mass is 546 g/mol. The van der Waals surface area contributed by atoms with Gasteiger partial charge in [0.15, 0.2) is 0 Å². The Morgan fingerprint density at radius 2 is 1.69 bits per heavy atom. The first kappa shape index (κ1) is 28.0. The fraction of sp³-hybridized carbons (Fsp3) is 0.485. The largest absolute Gasteiger partial charge is 0.297 e. The topological polar surface area (TPSA) is 59.5 Å². The van der Waals surface area contributed by atoms with E-state index >= 15 is 0 Å². The van der Waals surface area contributed by atoms with Crippen LogP contribution in [0.25, 0.3) is 10.9 Å². The lowest BCUT2D eigenvalue weighted by Gasteiger charge is -2.51. The molecule has 0 spiro atoms. The van der Waals surface area contributed by atoms with Gasteiger partial charge in [-0.3, -0.25) is 14.1 Å². The van der Waals surface area contributed by atoms with E-state index in [1.165, 1.54) is 0 Å². The Bertz CT molecular complexity index is 1450. The summed E-state index contributed by atoms with van der Waals surface area (Å²) in [4.78, 5) is 7.18. The number of hydrogen-bond donors (Lipinski definition) is 0. The van der Waals surface area contributed by atoms with Crippen molar-refractivity contribution in [3.8, 4) is 0 Å². The van der Waals surface area contributed by atoms with Gasteiger partial charge in [0.25, 0.3) is 10.1 Å². The fourth-order valence-corrected chi connectivity index (χ4v) is 7.34. The standard InChI is InChI=1S/C33H42N2O3S/c1-8-22-21-35-16-14-23(22)17-30(35)31(28-13-15-34-29-12-10-9-11-27(28)29)38-39(36,37)26-19-24(32(2,3)4)18-25(20-26)33(5,6)7/h8-13,15,18-20,22-23,30-31H,1,14,16-17,21H2,2-7H3/t22-,23-,30+,31-/m0/s1. The summed E-state index contributed by atoms with van der Waals surface area (Å²) in [5.41, 5.74) is 3.26. The van der Waals surface area contributed by atoms with E-state index < -0.39 is 16.2 Å². The van der Waals surface area contributed by atoms with Crippen LogP contribution in [0.5, 0.6) is 0 Å². The highest BCUT2D eigenvalue weighted by atomic mass is 32.2. The first-order valence-corrected chi connectivity index (χ1v) is 15.5. The predicted octanol–water partition coefficient (Wildman–Crippen LogP) is 7.17. The summed E-state index contributed by atoms with van der Waals surface area (Å²) >= 11 is 0. The summed E-state index contributed by atoms with van der Waals surface area (Å²) in [6.07, 6.45) is 5.16. The highest BCUT2D eigenvalue weighted by Crippen LogP contribution is 2.44. The molecule has 0 aliphatic carbocycles. The Morgan fingerprint density at radius 3 is 2.28 bits per heavy atom. The van der Waals surface area contributed by atoms with E-state index in [2.05, 4.69) is 70.1 Å². The number of rotatable bonds is 6. The van der Waals surface area contributed by atoms with Crippen molar-refractivity contribution in [1.82, 2.24) is 9.88 Å². The minimum Gasteiger partial charge on any atom is -0.297 e. The summed E-state index contributed by atoms with van der Waals surface area (Å²) in [6.45, 7) is 18.6. The Kier molecular flexibility index (Phi) is 7.28. The molecular formula is C33H42N2O3S. The fourth-order valence-electron chi connectivity index (χ4n) is 6.18. The van der Waals surface area contributed by atoms with Crippen molar-refractivity contribution < 1.29 is 12.6 Å². The Hall–Kier alpha value is -2.54. The van der Waals surface area contributed by atoms with E-state index in [4.69, 9.17) is 4.18 Å². The van der Waals surface area contributed by atoms with Crippen LogP contribution in [0.4, 0.5) is 0 Å². The number of fused-ring (bicyclic) bond motifs is 4. The van der Waals surface area contributed by atoms with Gasteiger partial charge in [-0.25, -0.2) is 0 Å². The van der Waals surface area contributed by atoms with Crippen LogP contribution in [0, 0.1) is 11.8 Å². The minimum atomic E-state index is -4.09. The number of nitrogens with zero attached hydrogens (tertiary/aromatic N) is 2. The molecule has 0 saturated carbocycles. The van der Waals surface area contributed by atoms with Gasteiger partial charge in [-0.1, -0.05) is 71.9 Å². The van der Waals surface area contributed by atoms with E-state index in [1.807, 2.05) is 30.3 Å². The summed E-state index contributed by atoms with van der Waals surface area (Å²) in [6, 6.07) is 15.5. The Balaban J connectivity index is 1.62. The van der Waals surface area contributed by atoms with Gasteiger partial charge in [-0.05, 0) is 83.0 Å². The van der Waals surface area contributed by atoms with Gasteiger partial charge in [-0.15, -0.1) is 6.58 Å². The zero-order valence-electron chi connectivity index (χ0n) is 24.1. The van der Waals surface area contributed by atoms with Gasteiger partial charge < -0.3 is 0 Å². The lowest BCUT2D eigenvalue weighted by atomic mass is 9.73. The smallest absolute Gasteiger partial charge is 0.297 e. The van der Waals surface area contributed by atoms with Crippen LogP contribution in [0.1, 0.15) is 77.2 Å². The first-order valence-electron chi connectivity index (χ1n) is 14.1. The van der Waals surface area contributed by atoms with E-state index in [0.29, 0.717) is 11.8 Å². The van der Waals surface area contributed by atoms with Crippen LogP contribution in [-0.4, -0.2) is 37.4 Å². The third-order valence-corrected chi connectivity index (χ3v) is 9.92. The maximum Gasteiger partial charge on any atom is 0.297 e. The van der Waals surface area contributed by atoms with Gasteiger partial charge in [-0.2, -0.15) is 8.42 Å². The highest BCUT2D eigenvalue weighted by molar-refractivity contribution is 7.86. The van der Waals surface area contributed by atoms with Gasteiger partial charge >= 0.3 is 0 Å². The molecule has 39 heavy (non-hydrogen) atoms. The molecule has 0 N–H and O–H groups in total. The van der Waals surface area contributed by atoms with Crippen molar-refractivity contribution in [1.29, 1.82) is 0 Å². The van der Waals surface area contributed by atoms with Crippen molar-refractivity contribution >= 4 is 21.0 Å². The second-order valence-electron chi connectivity index (χ2n) is 13.4. The molecule has 3 aromatic rings. The molecule has 2 aromatic carbocycles. The van der Waals surface area contributed by atoms with E-state index in [-0.39, 0.29) is 21.8 Å². The van der Waals surface area contributed by atoms with Crippen molar-refractivity contribution in [2.24, 2.45) is 11.8 Å². The molecular weight excluding hydrogens is 504 g/mol. The van der Waals surface area contributed by atoms with Crippen molar-refractivity contribution in [2.45, 2.75) is 82.3 Å². The predicted molar refractivity (Wildman–Crippen MR) is 158 cm³/mol. The number of pyridine rings is 1. The quantitative estimate of drug-likeness (QED) is 0.242. The molecule has 0 amide bonds. The summed E-state index contributed by atoms with van der Waals surface area (Å²) in [7, 11) is -4.09. The Labute approximate surface area is 234 Å². The number of piperidine rings is 3. The molecule has 1 aromatic heterocycles. The number of hydrogen-bond acceptors (Lipinski definition) is 5. The van der Waals surface area contributed by atoms with Gasteiger partial charge in [0.1, 0.15) is 6.10 Å². The third-order valence-electron chi connectivity index (χ3n) is 8.65. The zero-order valence-corrected chi connectivity index (χ0v) is 25.0. The van der Waals surface area contributed by atoms with Crippen molar-refractivity contribution in [3.05, 3.63) is 84.1 Å². The second-order valence-corrected chi connectivity index (χ2v) is 15.0. The molecule has 6 rings (SSSR count). The van der Waals surface area contributed by atoms with E-state index in [1.54, 1.807) is 18.3 Å². The average molecular weight is 547 g/mol. The Morgan fingerprint density at radius 1 is 1.03 bits per heavy atom. The second kappa shape index (κ2) is 10.1. The molecule has 208 valence electrons. The number of aromatic nitrogens is 1. The summed E-state index contributed by atoms with van der Waals surface area (Å²) < 4.78 is 34.8. The highest BCUT2D eigenvalue weighted by Gasteiger charge is 2.45. The number of para-hydroxylation sites is 1. The maximum atomic E-state index is 14.2. The molecule has 3 aliphatic heterocycles. The lowest BCUT2D eigenvalue weighted by molar-refractivity contribution is -0.0338. The molecule has 1 unspecified atom stereocenters. The summed E-state index contributed by atoms with van der Waals surface area (Å²) in [5.74, 6) is 0.912. The molecule has 5 nitrogen and oxygen atoms in total. The third kappa shape index (κ3) is 5.57.